The highest BCUT2D eigenvalue weighted by molar-refractivity contribution is 5.78. The van der Waals surface area contributed by atoms with E-state index in [-0.39, 0.29) is 18.2 Å². The third kappa shape index (κ3) is 4.63. The number of nitrogens with two attached hydrogens (primary N) is 1. The quantitative estimate of drug-likeness (QED) is 0.291. The van der Waals surface area contributed by atoms with Crippen LogP contribution in [0, 0.1) is 0 Å². The van der Waals surface area contributed by atoms with Crippen LogP contribution in [0.15, 0.2) is 34.2 Å². The van der Waals surface area contributed by atoms with E-state index < -0.39 is 30.3 Å². The second-order valence-corrected chi connectivity index (χ2v) is 7.54. The molecule has 4 rings (SSSR count). The normalized spacial score (nSPS) is 23.9. The standard InChI is InChI=1S/C21H26FN5O6/c1-11(23)24-7-8-31-12-5-4-6-13-17(12)25-19-14(32-13)9-27(21(28)26-19)20-16(22)18(30-3)15(33-20)10-29-2/h4-6,9,15-16,18,20H,7-8,10H2,1-3H3,(H2,23,24)(H,25,26,28)/t15?,16-,18?,20?/m1/s1. The van der Waals surface area contributed by atoms with Crippen molar-refractivity contribution in [2.45, 2.75) is 31.5 Å². The molecule has 0 saturated carbocycles. The zero-order chi connectivity index (χ0) is 23.5. The molecule has 1 aromatic carbocycles. The number of alkyl halides is 1. The highest BCUT2D eigenvalue weighted by Crippen LogP contribution is 2.45. The van der Waals surface area contributed by atoms with E-state index in [0.717, 1.165) is 4.57 Å². The second-order valence-electron chi connectivity index (χ2n) is 7.54. The average molecular weight is 463 g/mol. The highest BCUT2D eigenvalue weighted by Gasteiger charge is 2.47. The Labute approximate surface area is 189 Å². The summed E-state index contributed by atoms with van der Waals surface area (Å²) in [5, 5.41) is 3.06. The molecule has 2 aliphatic heterocycles. The molecule has 1 aromatic heterocycles. The predicted molar refractivity (Wildman–Crippen MR) is 117 cm³/mol. The van der Waals surface area contributed by atoms with Gasteiger partial charge in [0.05, 0.1) is 25.2 Å². The zero-order valence-corrected chi connectivity index (χ0v) is 18.5. The lowest BCUT2D eigenvalue weighted by Crippen LogP contribution is -2.35. The summed E-state index contributed by atoms with van der Waals surface area (Å²) in [6.45, 7) is 2.51. The number of aromatic nitrogens is 2. The van der Waals surface area contributed by atoms with Crippen molar-refractivity contribution in [1.29, 1.82) is 0 Å². The first-order chi connectivity index (χ1) is 15.9. The monoisotopic (exact) mass is 463 g/mol. The average Bonchev–Trinajstić information content (AvgIpc) is 3.10. The summed E-state index contributed by atoms with van der Waals surface area (Å²) in [6, 6.07) is 5.24. The number of benzene rings is 1. The number of hydrogen-bond acceptors (Lipinski definition) is 9. The smallest absolute Gasteiger partial charge is 0.352 e. The molecule has 11 nitrogen and oxygen atoms in total. The minimum atomic E-state index is -1.60. The molecular formula is C21H26FN5O6. The van der Waals surface area contributed by atoms with Gasteiger partial charge in [-0.1, -0.05) is 6.07 Å². The Hall–Kier alpha value is -3.22. The van der Waals surface area contributed by atoms with E-state index in [2.05, 4.69) is 15.3 Å². The highest BCUT2D eigenvalue weighted by atomic mass is 19.1. The molecule has 0 radical (unpaired) electrons. The molecule has 3 N–H and O–H groups in total. The number of fused-ring (bicyclic) bond motifs is 2. The van der Waals surface area contributed by atoms with Gasteiger partial charge in [0, 0.05) is 14.2 Å². The van der Waals surface area contributed by atoms with E-state index in [9.17, 15) is 4.79 Å². The molecule has 2 aromatic rings. The maximum atomic E-state index is 15.0. The Bertz CT molecular complexity index is 1090. The van der Waals surface area contributed by atoms with Gasteiger partial charge >= 0.3 is 5.69 Å². The number of para-hydroxylation sites is 1. The lowest BCUT2D eigenvalue weighted by atomic mass is 10.1. The molecule has 0 amide bonds. The van der Waals surface area contributed by atoms with Gasteiger partial charge in [-0.15, -0.1) is 0 Å². The van der Waals surface area contributed by atoms with Crippen LogP contribution >= 0.6 is 0 Å². The second kappa shape index (κ2) is 9.73. The largest absolute Gasteiger partial charge is 0.489 e. The Balaban J connectivity index is 1.57. The number of nitrogens with zero attached hydrogens (tertiary/aromatic N) is 3. The molecule has 33 heavy (non-hydrogen) atoms. The minimum Gasteiger partial charge on any atom is -0.489 e. The van der Waals surface area contributed by atoms with Crippen LogP contribution in [0.4, 0.5) is 15.9 Å². The summed E-state index contributed by atoms with van der Waals surface area (Å²) in [5.74, 6) is 1.85. The van der Waals surface area contributed by atoms with Crippen LogP contribution in [0.1, 0.15) is 13.2 Å². The van der Waals surface area contributed by atoms with Gasteiger partial charge < -0.3 is 34.7 Å². The van der Waals surface area contributed by atoms with E-state index in [4.69, 9.17) is 29.4 Å². The van der Waals surface area contributed by atoms with E-state index in [1.165, 1.54) is 20.4 Å². The van der Waals surface area contributed by atoms with Crippen LogP contribution in [-0.4, -0.2) is 67.7 Å². The van der Waals surface area contributed by atoms with Crippen LogP contribution in [-0.2, 0) is 14.2 Å². The lowest BCUT2D eigenvalue weighted by molar-refractivity contribution is -0.0625. The molecular weight excluding hydrogens is 437 g/mol. The molecule has 12 heteroatoms. The van der Waals surface area contributed by atoms with Crippen molar-refractivity contribution in [3.63, 3.8) is 0 Å². The molecule has 0 aliphatic carbocycles. The number of aliphatic imine (C=N–C) groups is 1. The molecule has 0 bridgehead atoms. The van der Waals surface area contributed by atoms with Crippen molar-refractivity contribution in [2.24, 2.45) is 10.7 Å². The summed E-state index contributed by atoms with van der Waals surface area (Å²) in [7, 11) is 2.86. The molecule has 178 valence electrons. The van der Waals surface area contributed by atoms with Gasteiger partial charge in [0.25, 0.3) is 0 Å². The van der Waals surface area contributed by atoms with Crippen LogP contribution in [0.25, 0.3) is 0 Å². The summed E-state index contributed by atoms with van der Waals surface area (Å²) in [6.07, 6.45) is -3.02. The van der Waals surface area contributed by atoms with Crippen molar-refractivity contribution >= 4 is 17.3 Å². The Kier molecular flexibility index (Phi) is 6.77. The molecule has 2 aliphatic rings. The van der Waals surface area contributed by atoms with E-state index in [1.807, 2.05) is 0 Å². The first-order valence-corrected chi connectivity index (χ1v) is 10.3. The van der Waals surface area contributed by atoms with Gasteiger partial charge in [-0.3, -0.25) is 9.56 Å². The van der Waals surface area contributed by atoms with Gasteiger partial charge in [-0.2, -0.15) is 4.98 Å². The summed E-state index contributed by atoms with van der Waals surface area (Å²) >= 11 is 0. The molecule has 4 atom stereocenters. The molecule has 3 heterocycles. The van der Waals surface area contributed by atoms with E-state index in [1.54, 1.807) is 25.1 Å². The van der Waals surface area contributed by atoms with Crippen LogP contribution in [0.5, 0.6) is 17.2 Å². The maximum absolute atomic E-state index is 15.0. The number of methoxy groups -OCH3 is 2. The fourth-order valence-corrected chi connectivity index (χ4v) is 3.75. The number of halogens is 1. The number of rotatable bonds is 8. The first-order valence-electron chi connectivity index (χ1n) is 10.3. The molecule has 3 unspecified atom stereocenters. The van der Waals surface area contributed by atoms with Crippen LogP contribution < -0.4 is 26.2 Å². The number of ether oxygens (including phenoxy) is 5. The van der Waals surface area contributed by atoms with Gasteiger partial charge in [-0.05, 0) is 19.1 Å². The minimum absolute atomic E-state index is 0.118. The molecule has 1 fully saturated rings. The van der Waals surface area contributed by atoms with E-state index in [0.29, 0.717) is 36.2 Å². The number of hydrogen-bond donors (Lipinski definition) is 2. The summed E-state index contributed by atoms with van der Waals surface area (Å²) in [4.78, 5) is 20.9. The summed E-state index contributed by atoms with van der Waals surface area (Å²) < 4.78 is 43.8. The third-order valence-electron chi connectivity index (χ3n) is 5.22. The molecule has 0 spiro atoms. The third-order valence-corrected chi connectivity index (χ3v) is 5.22. The fraction of sp³-hybridized carbons (Fsp3) is 0.476. The number of nitrogens with one attached hydrogen (secondary N) is 1. The predicted octanol–water partition coefficient (Wildman–Crippen LogP) is 1.75. The fourth-order valence-electron chi connectivity index (χ4n) is 3.75. The van der Waals surface area contributed by atoms with Crippen molar-refractivity contribution in [3.8, 4) is 17.2 Å². The zero-order valence-electron chi connectivity index (χ0n) is 18.5. The Morgan fingerprint density at radius 1 is 1.36 bits per heavy atom. The first kappa shape index (κ1) is 23.0. The van der Waals surface area contributed by atoms with Crippen molar-refractivity contribution < 1.29 is 28.1 Å². The van der Waals surface area contributed by atoms with Gasteiger partial charge in [0.2, 0.25) is 0 Å². The van der Waals surface area contributed by atoms with Crippen LogP contribution in [0.3, 0.4) is 0 Å². The SMILES string of the molecule is COCC1OC(n2cc3c(nc2=O)Nc2c(OCCN=C(C)N)cccc2O3)[C@H](F)C1OC. The number of anilines is 2. The Morgan fingerprint density at radius 2 is 2.18 bits per heavy atom. The van der Waals surface area contributed by atoms with Gasteiger partial charge in [0.15, 0.2) is 29.7 Å². The van der Waals surface area contributed by atoms with Crippen molar-refractivity contribution in [2.75, 3.05) is 39.3 Å². The summed E-state index contributed by atoms with van der Waals surface area (Å²) in [5.41, 5.74) is 5.34. The lowest BCUT2D eigenvalue weighted by Gasteiger charge is -2.24. The number of amidine groups is 1. The maximum Gasteiger partial charge on any atom is 0.352 e. The van der Waals surface area contributed by atoms with E-state index >= 15 is 4.39 Å². The molecule has 1 saturated heterocycles. The topological polar surface area (TPSA) is 131 Å². The van der Waals surface area contributed by atoms with Crippen molar-refractivity contribution in [3.05, 3.63) is 34.9 Å². The van der Waals surface area contributed by atoms with Gasteiger partial charge in [0.1, 0.15) is 30.3 Å². The van der Waals surface area contributed by atoms with Gasteiger partial charge in [-0.25, -0.2) is 9.18 Å². The Morgan fingerprint density at radius 3 is 2.91 bits per heavy atom. The van der Waals surface area contributed by atoms with Crippen LogP contribution in [0.2, 0.25) is 0 Å². The van der Waals surface area contributed by atoms with Crippen molar-refractivity contribution in [1.82, 2.24) is 9.55 Å².